The third-order valence-electron chi connectivity index (χ3n) is 12.1. The lowest BCUT2D eigenvalue weighted by Crippen LogP contribution is -2.43. The molecule has 0 saturated carbocycles. The van der Waals surface area contributed by atoms with Crippen molar-refractivity contribution in [3.8, 4) is 29.0 Å². The van der Waals surface area contributed by atoms with E-state index in [0.717, 1.165) is 24.8 Å². The van der Waals surface area contributed by atoms with Gasteiger partial charge in [-0.25, -0.2) is 22.5 Å². The highest BCUT2D eigenvalue weighted by Crippen LogP contribution is 2.54. The van der Waals surface area contributed by atoms with E-state index in [1.54, 1.807) is 4.90 Å². The highest BCUT2D eigenvalue weighted by atomic mass is 32.1. The first-order valence-corrected chi connectivity index (χ1v) is 20.0. The Kier molecular flexibility index (Phi) is 9.87. The standard InChI is InChI=1S/C40H37F7N8O3S/c41-20-13-23(35(49)51-16-20)26(12-19-4-9-56-10-5-19)55-8-11-57-33-29-32(52-38(53-37(29)55)58-18-39-6-1-7-54(39)17-21(42)14-39)31(44)28(30(33)40(45,46)47)22-2-3-25(43)34-27(22)24(15-48)36(50)59-34/h2-3,13,16,19,21,26H,1,4-12,14,17-18,50H2,(H2,49,51)/t21-,26-,39+/m1/s1. The normalized spacial score (nSPS) is 21.7. The lowest BCUT2D eigenvalue weighted by Gasteiger charge is -2.36. The second-order valence-electron chi connectivity index (χ2n) is 15.5. The molecule has 310 valence electrons. The molecular formula is C40H37F7N8O3S. The number of nitriles is 1. The number of thiophene rings is 1. The van der Waals surface area contributed by atoms with Gasteiger partial charge in [0.05, 0.1) is 40.0 Å². The van der Waals surface area contributed by atoms with Crippen molar-refractivity contribution in [3.63, 3.8) is 0 Å². The predicted octanol–water partition coefficient (Wildman–Crippen LogP) is 8.09. The number of rotatable bonds is 8. The number of pyridine rings is 1. The molecule has 19 heteroatoms. The molecule has 7 heterocycles. The van der Waals surface area contributed by atoms with Gasteiger partial charge >= 0.3 is 12.2 Å². The van der Waals surface area contributed by atoms with Crippen LogP contribution < -0.4 is 25.8 Å². The highest BCUT2D eigenvalue weighted by Gasteiger charge is 2.50. The Morgan fingerprint density at radius 3 is 2.64 bits per heavy atom. The first-order chi connectivity index (χ1) is 28.3. The summed E-state index contributed by atoms with van der Waals surface area (Å²) >= 11 is 0.647. The molecule has 4 aliphatic rings. The van der Waals surface area contributed by atoms with E-state index in [4.69, 9.17) is 30.7 Å². The molecule has 11 nitrogen and oxygen atoms in total. The van der Waals surface area contributed by atoms with Crippen LogP contribution in [0.25, 0.3) is 32.1 Å². The Balaban J connectivity index is 1.32. The van der Waals surface area contributed by atoms with Crippen LogP contribution >= 0.6 is 11.3 Å². The molecule has 0 bridgehead atoms. The van der Waals surface area contributed by atoms with Crippen molar-refractivity contribution in [1.82, 2.24) is 19.9 Å². The van der Waals surface area contributed by atoms with Crippen molar-refractivity contribution in [3.05, 3.63) is 58.5 Å². The first kappa shape index (κ1) is 39.3. The minimum absolute atomic E-state index is 0.00493. The summed E-state index contributed by atoms with van der Waals surface area (Å²) in [6, 6.07) is 3.60. The predicted molar refractivity (Wildman–Crippen MR) is 205 cm³/mol. The fourth-order valence-electron chi connectivity index (χ4n) is 9.47. The van der Waals surface area contributed by atoms with Gasteiger partial charge in [-0.15, -0.1) is 11.3 Å². The van der Waals surface area contributed by atoms with Gasteiger partial charge < -0.3 is 30.6 Å². The average molecular weight is 843 g/mol. The SMILES string of the molecule is N#Cc1c(N)sc2c(F)ccc(-c3c(C(F)(F)F)c4c5c(nc(OC[C@@]67CCCN6C[C@H](F)C7)nc5c3F)N([C@H](CC3CCOCC3)c3cc(F)cnc3N)CCO4)c12. The van der Waals surface area contributed by atoms with Crippen molar-refractivity contribution in [2.24, 2.45) is 5.92 Å². The summed E-state index contributed by atoms with van der Waals surface area (Å²) in [5, 5.41) is 9.10. The number of halogens is 7. The monoisotopic (exact) mass is 842 g/mol. The number of nitrogens with zero attached hydrogens (tertiary/aromatic N) is 6. The molecule has 0 unspecified atom stereocenters. The van der Waals surface area contributed by atoms with Crippen LogP contribution in [0.4, 0.5) is 47.4 Å². The van der Waals surface area contributed by atoms with Gasteiger partial charge in [-0.2, -0.15) is 28.4 Å². The Bertz CT molecular complexity index is 2530. The summed E-state index contributed by atoms with van der Waals surface area (Å²) in [5.74, 6) is -4.09. The molecule has 9 rings (SSSR count). The molecule has 0 spiro atoms. The maximum atomic E-state index is 17.7. The van der Waals surface area contributed by atoms with Gasteiger partial charge in [0, 0.05) is 42.7 Å². The number of hydrogen-bond donors (Lipinski definition) is 2. The minimum Gasteiger partial charge on any atom is -0.490 e. The van der Waals surface area contributed by atoms with E-state index in [0.29, 0.717) is 56.8 Å². The molecule has 0 aliphatic carbocycles. The minimum atomic E-state index is -5.30. The Morgan fingerprint density at radius 1 is 1.08 bits per heavy atom. The Morgan fingerprint density at radius 2 is 1.88 bits per heavy atom. The fraction of sp³-hybridized carbons (Fsp3) is 0.450. The van der Waals surface area contributed by atoms with Crippen molar-refractivity contribution < 1.29 is 44.9 Å². The van der Waals surface area contributed by atoms with Crippen molar-refractivity contribution in [1.29, 1.82) is 5.26 Å². The third kappa shape index (κ3) is 6.68. The van der Waals surface area contributed by atoms with Crippen LogP contribution in [0.3, 0.4) is 0 Å². The van der Waals surface area contributed by atoms with Crippen LogP contribution in [-0.4, -0.2) is 77.6 Å². The zero-order valence-electron chi connectivity index (χ0n) is 31.4. The number of ether oxygens (including phenoxy) is 3. The summed E-state index contributed by atoms with van der Waals surface area (Å²) in [5.41, 5.74) is 7.97. The smallest absolute Gasteiger partial charge is 0.420 e. The second kappa shape index (κ2) is 14.8. The van der Waals surface area contributed by atoms with Gasteiger partial charge in [0.25, 0.3) is 0 Å². The van der Waals surface area contributed by atoms with Gasteiger partial charge in [-0.3, -0.25) is 4.90 Å². The van der Waals surface area contributed by atoms with E-state index >= 15 is 22.0 Å². The summed E-state index contributed by atoms with van der Waals surface area (Å²) < 4.78 is 127. The van der Waals surface area contributed by atoms with Gasteiger partial charge in [-0.1, -0.05) is 6.07 Å². The zero-order valence-corrected chi connectivity index (χ0v) is 32.2. The lowest BCUT2D eigenvalue weighted by molar-refractivity contribution is -0.138. The molecule has 3 fully saturated rings. The van der Waals surface area contributed by atoms with E-state index in [1.807, 2.05) is 11.0 Å². The Labute approximate surface area is 336 Å². The van der Waals surface area contributed by atoms with E-state index in [9.17, 15) is 14.0 Å². The molecule has 4 aliphatic heterocycles. The number of nitrogens with two attached hydrogens (primary N) is 2. The first-order valence-electron chi connectivity index (χ1n) is 19.2. The number of anilines is 3. The van der Waals surface area contributed by atoms with Crippen molar-refractivity contribution in [2.45, 2.75) is 62.5 Å². The average Bonchev–Trinajstić information content (AvgIpc) is 3.81. The molecule has 3 atom stereocenters. The van der Waals surface area contributed by atoms with E-state index in [2.05, 4.69) is 9.97 Å². The van der Waals surface area contributed by atoms with Crippen LogP contribution in [0.15, 0.2) is 24.4 Å². The quantitative estimate of drug-likeness (QED) is 0.146. The summed E-state index contributed by atoms with van der Waals surface area (Å²) in [6.07, 6.45) is -2.32. The number of nitrogen functional groups attached to an aromatic ring is 2. The van der Waals surface area contributed by atoms with E-state index in [-0.39, 0.29) is 69.9 Å². The van der Waals surface area contributed by atoms with Gasteiger partial charge in [0.2, 0.25) is 0 Å². The maximum absolute atomic E-state index is 17.7. The van der Waals surface area contributed by atoms with Crippen molar-refractivity contribution >= 4 is 49.0 Å². The number of hydrogen-bond acceptors (Lipinski definition) is 12. The number of aromatic nitrogens is 3. The molecular weight excluding hydrogens is 806 g/mol. The van der Waals surface area contributed by atoms with Crippen LogP contribution in [0, 0.1) is 34.7 Å². The molecule has 0 radical (unpaired) electrons. The summed E-state index contributed by atoms with van der Waals surface area (Å²) in [6.45, 7) is 1.13. The van der Waals surface area contributed by atoms with Gasteiger partial charge in [0.15, 0.2) is 5.82 Å². The van der Waals surface area contributed by atoms with E-state index in [1.165, 1.54) is 6.07 Å². The zero-order chi connectivity index (χ0) is 41.4. The van der Waals surface area contributed by atoms with Crippen molar-refractivity contribution in [2.75, 3.05) is 62.4 Å². The maximum Gasteiger partial charge on any atom is 0.420 e. The molecule has 59 heavy (non-hydrogen) atoms. The van der Waals surface area contributed by atoms with Crippen LogP contribution in [0.5, 0.6) is 11.8 Å². The van der Waals surface area contributed by atoms with Crippen LogP contribution in [-0.2, 0) is 10.9 Å². The second-order valence-corrected chi connectivity index (χ2v) is 16.6. The van der Waals surface area contributed by atoms with Crippen LogP contribution in [0.1, 0.15) is 61.3 Å². The molecule has 0 amide bonds. The number of alkyl halides is 4. The number of benzene rings is 2. The molecule has 3 aromatic heterocycles. The highest BCUT2D eigenvalue weighted by molar-refractivity contribution is 7.23. The fourth-order valence-corrected chi connectivity index (χ4v) is 10.4. The molecule has 2 aromatic carbocycles. The van der Waals surface area contributed by atoms with Crippen LogP contribution in [0.2, 0.25) is 0 Å². The number of fused-ring (bicyclic) bond motifs is 2. The largest absolute Gasteiger partial charge is 0.490 e. The van der Waals surface area contributed by atoms with Gasteiger partial charge in [0.1, 0.15) is 70.6 Å². The van der Waals surface area contributed by atoms with E-state index < -0.39 is 87.3 Å². The van der Waals surface area contributed by atoms with Gasteiger partial charge in [-0.05, 0) is 62.3 Å². The summed E-state index contributed by atoms with van der Waals surface area (Å²) in [4.78, 5) is 16.7. The third-order valence-corrected chi connectivity index (χ3v) is 13.1. The summed E-state index contributed by atoms with van der Waals surface area (Å²) in [7, 11) is 0. The molecule has 3 saturated heterocycles. The molecule has 4 N–H and O–H groups in total. The molecule has 5 aromatic rings. The Hall–Kier alpha value is -5.19. The topological polar surface area (TPSA) is 149 Å². The lowest BCUT2D eigenvalue weighted by atomic mass is 9.88.